The maximum atomic E-state index is 10.4. The fourth-order valence-corrected chi connectivity index (χ4v) is 1.95. The zero-order valence-electron chi connectivity index (χ0n) is 13.4. The van der Waals surface area contributed by atoms with Gasteiger partial charge in [-0.25, -0.2) is 0 Å². The number of hydrogen-bond donors (Lipinski definition) is 5. The van der Waals surface area contributed by atoms with Crippen molar-refractivity contribution in [1.82, 2.24) is 4.98 Å². The lowest BCUT2D eigenvalue weighted by Gasteiger charge is -2.07. The third kappa shape index (κ3) is 5.62. The maximum Gasteiger partial charge on any atom is 0.320 e. The first-order valence-electron chi connectivity index (χ1n) is 7.31. The molecule has 0 saturated heterocycles. The van der Waals surface area contributed by atoms with Crippen LogP contribution in [0.15, 0.2) is 36.5 Å². The second kappa shape index (κ2) is 9.61. The van der Waals surface area contributed by atoms with E-state index in [4.69, 9.17) is 21.1 Å². The molecule has 1 aromatic carbocycles. The number of carboxylic acid groups (broad SMARTS) is 1. The summed E-state index contributed by atoms with van der Waals surface area (Å²) in [6.45, 7) is 1.12. The Labute approximate surface area is 140 Å². The van der Waals surface area contributed by atoms with Gasteiger partial charge in [0.2, 0.25) is 0 Å². The number of pyridine rings is 1. The molecule has 0 aliphatic carbocycles. The number of aryl methyl sites for hydroxylation is 1. The van der Waals surface area contributed by atoms with Gasteiger partial charge in [-0.3, -0.25) is 9.78 Å². The number of aromatic hydroxyl groups is 1. The number of carboxylic acids is 1. The van der Waals surface area contributed by atoms with Crippen LogP contribution in [-0.4, -0.2) is 37.4 Å². The van der Waals surface area contributed by atoms with Gasteiger partial charge in [0.1, 0.15) is 11.8 Å². The molecule has 0 aliphatic rings. The smallest absolute Gasteiger partial charge is 0.320 e. The van der Waals surface area contributed by atoms with Gasteiger partial charge < -0.3 is 26.2 Å². The van der Waals surface area contributed by atoms with Crippen LogP contribution < -0.4 is 5.73 Å². The Morgan fingerprint density at radius 2 is 1.83 bits per heavy atom. The SMILES string of the molecule is Cc1ncc(CO)c(CO)c1O.N[C@@H](Cc1ccccc1)C(=O)O. The molecule has 0 spiro atoms. The Bertz CT molecular complexity index is 662. The van der Waals surface area contributed by atoms with Crippen molar-refractivity contribution in [2.75, 3.05) is 0 Å². The first-order valence-corrected chi connectivity index (χ1v) is 7.31. The molecule has 0 bridgehead atoms. The van der Waals surface area contributed by atoms with Crippen LogP contribution in [0.1, 0.15) is 22.4 Å². The second-order valence-electron chi connectivity index (χ2n) is 5.15. The van der Waals surface area contributed by atoms with E-state index in [-0.39, 0.29) is 19.0 Å². The van der Waals surface area contributed by atoms with E-state index in [9.17, 15) is 9.90 Å². The molecule has 2 aromatic rings. The molecule has 130 valence electrons. The van der Waals surface area contributed by atoms with Crippen molar-refractivity contribution in [3.8, 4) is 5.75 Å². The molecule has 7 heteroatoms. The Morgan fingerprint density at radius 1 is 1.21 bits per heavy atom. The van der Waals surface area contributed by atoms with E-state index in [1.807, 2.05) is 30.3 Å². The lowest BCUT2D eigenvalue weighted by atomic mass is 10.1. The van der Waals surface area contributed by atoms with Gasteiger partial charge in [0.15, 0.2) is 0 Å². The van der Waals surface area contributed by atoms with E-state index < -0.39 is 12.0 Å². The minimum absolute atomic E-state index is 0.0379. The summed E-state index contributed by atoms with van der Waals surface area (Å²) in [7, 11) is 0. The number of carbonyl (C=O) groups is 1. The topological polar surface area (TPSA) is 137 Å². The molecule has 24 heavy (non-hydrogen) atoms. The molecule has 7 nitrogen and oxygen atoms in total. The molecule has 0 fully saturated rings. The lowest BCUT2D eigenvalue weighted by Crippen LogP contribution is -2.32. The summed E-state index contributed by atoms with van der Waals surface area (Å²) in [6.07, 6.45) is 1.83. The van der Waals surface area contributed by atoms with Gasteiger partial charge >= 0.3 is 5.97 Å². The number of aromatic nitrogens is 1. The highest BCUT2D eigenvalue weighted by molar-refractivity contribution is 5.73. The number of aliphatic hydroxyl groups excluding tert-OH is 2. The standard InChI is InChI=1S/C9H11NO2.C8H11NO3/c10-8(9(11)12)6-7-4-2-1-3-5-7;1-5-8(12)7(4-11)6(3-10)2-9-5/h1-5,8H,6,10H2,(H,11,12);2,10-12H,3-4H2,1H3/t8-;/m0./s1. The van der Waals surface area contributed by atoms with Crippen molar-refractivity contribution < 1.29 is 25.2 Å². The monoisotopic (exact) mass is 334 g/mol. The van der Waals surface area contributed by atoms with Gasteiger partial charge in [-0.2, -0.15) is 0 Å². The van der Waals surface area contributed by atoms with Gasteiger partial charge in [-0.05, 0) is 18.9 Å². The van der Waals surface area contributed by atoms with E-state index in [0.717, 1.165) is 5.56 Å². The third-order valence-corrected chi connectivity index (χ3v) is 3.37. The lowest BCUT2D eigenvalue weighted by molar-refractivity contribution is -0.138. The molecule has 2 rings (SSSR count). The third-order valence-electron chi connectivity index (χ3n) is 3.37. The van der Waals surface area contributed by atoms with Gasteiger partial charge in [0, 0.05) is 17.3 Å². The Balaban J connectivity index is 0.000000240. The normalized spacial score (nSPS) is 11.3. The summed E-state index contributed by atoms with van der Waals surface area (Å²) < 4.78 is 0. The average molecular weight is 334 g/mol. The van der Waals surface area contributed by atoms with Crippen LogP contribution in [0.4, 0.5) is 0 Å². The van der Waals surface area contributed by atoms with Crippen LogP contribution in [0, 0.1) is 6.92 Å². The van der Waals surface area contributed by atoms with Crippen LogP contribution in [0.25, 0.3) is 0 Å². The Kier molecular flexibility index (Phi) is 7.84. The molecular weight excluding hydrogens is 312 g/mol. The van der Waals surface area contributed by atoms with Crippen LogP contribution in [-0.2, 0) is 24.4 Å². The zero-order chi connectivity index (χ0) is 18.1. The fraction of sp³-hybridized carbons (Fsp3) is 0.294. The van der Waals surface area contributed by atoms with E-state index in [1.54, 1.807) is 6.92 Å². The van der Waals surface area contributed by atoms with Crippen LogP contribution in [0.3, 0.4) is 0 Å². The zero-order valence-corrected chi connectivity index (χ0v) is 13.4. The molecule has 0 amide bonds. The molecule has 0 radical (unpaired) electrons. The van der Waals surface area contributed by atoms with Gasteiger partial charge in [0.25, 0.3) is 0 Å². The number of aliphatic carboxylic acids is 1. The Hall–Kier alpha value is -2.48. The maximum absolute atomic E-state index is 10.4. The fourth-order valence-electron chi connectivity index (χ4n) is 1.95. The molecule has 0 saturated carbocycles. The minimum Gasteiger partial charge on any atom is -0.506 e. The summed E-state index contributed by atoms with van der Waals surface area (Å²) in [6, 6.07) is 8.54. The van der Waals surface area contributed by atoms with Crippen LogP contribution >= 0.6 is 0 Å². The molecule has 1 atom stereocenters. The van der Waals surface area contributed by atoms with Crippen LogP contribution in [0.2, 0.25) is 0 Å². The predicted octanol–water partition coefficient (Wildman–Crippen LogP) is 0.721. The molecule has 6 N–H and O–H groups in total. The van der Waals surface area contributed by atoms with Gasteiger partial charge in [-0.1, -0.05) is 30.3 Å². The summed E-state index contributed by atoms with van der Waals surface area (Å²) in [5, 5.41) is 35.6. The first kappa shape index (κ1) is 19.6. The highest BCUT2D eigenvalue weighted by atomic mass is 16.4. The van der Waals surface area contributed by atoms with Gasteiger partial charge in [-0.15, -0.1) is 0 Å². The van der Waals surface area contributed by atoms with Crippen molar-refractivity contribution in [3.63, 3.8) is 0 Å². The van der Waals surface area contributed by atoms with E-state index in [0.29, 0.717) is 23.2 Å². The number of benzene rings is 1. The highest BCUT2D eigenvalue weighted by Crippen LogP contribution is 2.23. The summed E-state index contributed by atoms with van der Waals surface area (Å²) in [5.41, 5.74) is 7.57. The second-order valence-corrected chi connectivity index (χ2v) is 5.15. The number of nitrogens with two attached hydrogens (primary N) is 1. The molecule has 1 heterocycles. The number of hydrogen-bond acceptors (Lipinski definition) is 6. The summed E-state index contributed by atoms with van der Waals surface area (Å²) in [5.74, 6) is -0.997. The highest BCUT2D eigenvalue weighted by Gasteiger charge is 2.11. The Morgan fingerprint density at radius 3 is 2.33 bits per heavy atom. The van der Waals surface area contributed by atoms with Crippen LogP contribution in [0.5, 0.6) is 5.75 Å². The summed E-state index contributed by atoms with van der Waals surface area (Å²) in [4.78, 5) is 14.2. The van der Waals surface area contributed by atoms with Crippen molar-refractivity contribution in [2.24, 2.45) is 5.73 Å². The van der Waals surface area contributed by atoms with E-state index in [2.05, 4.69) is 4.98 Å². The van der Waals surface area contributed by atoms with Crippen molar-refractivity contribution in [1.29, 1.82) is 0 Å². The molecular formula is C17H22N2O5. The first-order chi connectivity index (χ1) is 11.4. The number of nitrogens with zero attached hydrogens (tertiary/aromatic N) is 1. The molecule has 1 aromatic heterocycles. The van der Waals surface area contributed by atoms with Crippen molar-refractivity contribution in [3.05, 3.63) is 58.9 Å². The van der Waals surface area contributed by atoms with E-state index in [1.165, 1.54) is 6.20 Å². The van der Waals surface area contributed by atoms with Crippen molar-refractivity contribution >= 4 is 5.97 Å². The minimum atomic E-state index is -0.959. The number of rotatable bonds is 5. The number of aliphatic hydroxyl groups is 2. The quantitative estimate of drug-likeness (QED) is 0.543. The molecule has 0 unspecified atom stereocenters. The predicted molar refractivity (Wildman–Crippen MR) is 88.2 cm³/mol. The largest absolute Gasteiger partial charge is 0.506 e. The van der Waals surface area contributed by atoms with Gasteiger partial charge in [0.05, 0.1) is 18.9 Å². The summed E-state index contributed by atoms with van der Waals surface area (Å²) >= 11 is 0. The molecule has 0 aliphatic heterocycles. The van der Waals surface area contributed by atoms with E-state index >= 15 is 0 Å². The average Bonchev–Trinajstić information content (AvgIpc) is 2.58. The van der Waals surface area contributed by atoms with Crippen molar-refractivity contribution in [2.45, 2.75) is 32.6 Å².